The molecule has 0 aliphatic carbocycles. The zero-order valence-corrected chi connectivity index (χ0v) is 10.7. The number of ketones is 1. The smallest absolute Gasteiger partial charge is 0.164 e. The summed E-state index contributed by atoms with van der Waals surface area (Å²) in [7, 11) is 0. The third-order valence-corrected chi connectivity index (χ3v) is 3.48. The molecule has 0 bridgehead atoms. The lowest BCUT2D eigenvalue weighted by atomic mass is 9.94. The predicted octanol–water partition coefficient (Wildman–Crippen LogP) is 3.10. The van der Waals surface area contributed by atoms with E-state index < -0.39 is 0 Å². The molecule has 92 valence electrons. The van der Waals surface area contributed by atoms with Crippen LogP contribution in [0.1, 0.15) is 48.5 Å². The van der Waals surface area contributed by atoms with Crippen molar-refractivity contribution in [2.45, 2.75) is 51.6 Å². The zero-order valence-electron chi connectivity index (χ0n) is 10.7. The van der Waals surface area contributed by atoms with Crippen molar-refractivity contribution < 1.29 is 4.79 Å². The molecule has 0 radical (unpaired) electrons. The van der Waals surface area contributed by atoms with E-state index in [9.17, 15) is 4.79 Å². The first-order valence-electron chi connectivity index (χ1n) is 6.51. The maximum absolute atomic E-state index is 12.1. The lowest BCUT2D eigenvalue weighted by Gasteiger charge is -2.28. The molecule has 1 aliphatic heterocycles. The van der Waals surface area contributed by atoms with E-state index in [1.165, 1.54) is 12.8 Å². The Kier molecular flexibility index (Phi) is 3.95. The number of rotatable bonds is 3. The van der Waals surface area contributed by atoms with Crippen molar-refractivity contribution in [3.8, 4) is 0 Å². The van der Waals surface area contributed by atoms with Crippen molar-refractivity contribution in [2.75, 3.05) is 0 Å². The third kappa shape index (κ3) is 3.40. The van der Waals surface area contributed by atoms with Gasteiger partial charge in [-0.2, -0.15) is 0 Å². The normalized spacial score (nSPS) is 24.6. The van der Waals surface area contributed by atoms with Crippen LogP contribution in [0.3, 0.4) is 0 Å². The minimum absolute atomic E-state index is 0.264. The molecule has 1 heterocycles. The van der Waals surface area contributed by atoms with Crippen molar-refractivity contribution in [2.24, 2.45) is 0 Å². The molecule has 2 rings (SSSR count). The van der Waals surface area contributed by atoms with Crippen molar-refractivity contribution in [3.05, 3.63) is 35.4 Å². The summed E-state index contributed by atoms with van der Waals surface area (Å²) in [5, 5.41) is 3.51. The van der Waals surface area contributed by atoms with Gasteiger partial charge >= 0.3 is 0 Å². The maximum atomic E-state index is 12.1. The fourth-order valence-electron chi connectivity index (χ4n) is 2.56. The van der Waals surface area contributed by atoms with E-state index in [4.69, 9.17) is 0 Å². The molecule has 2 heteroatoms. The first-order valence-corrected chi connectivity index (χ1v) is 6.51. The van der Waals surface area contributed by atoms with Crippen LogP contribution in [0, 0.1) is 6.92 Å². The van der Waals surface area contributed by atoms with Gasteiger partial charge in [-0.3, -0.25) is 4.79 Å². The van der Waals surface area contributed by atoms with E-state index in [2.05, 4.69) is 12.2 Å². The average molecular weight is 231 g/mol. The second kappa shape index (κ2) is 5.46. The second-order valence-corrected chi connectivity index (χ2v) is 5.19. The maximum Gasteiger partial charge on any atom is 0.164 e. The predicted molar refractivity (Wildman–Crippen MR) is 70.4 cm³/mol. The summed E-state index contributed by atoms with van der Waals surface area (Å²) in [6.07, 6.45) is 4.23. The molecule has 1 aliphatic rings. The van der Waals surface area contributed by atoms with Gasteiger partial charge in [-0.05, 0) is 32.8 Å². The summed E-state index contributed by atoms with van der Waals surface area (Å²) < 4.78 is 0. The van der Waals surface area contributed by atoms with E-state index in [0.29, 0.717) is 18.5 Å². The molecule has 17 heavy (non-hydrogen) atoms. The molecule has 2 atom stereocenters. The summed E-state index contributed by atoms with van der Waals surface area (Å²) in [5.74, 6) is 0.264. The molecule has 1 fully saturated rings. The monoisotopic (exact) mass is 231 g/mol. The minimum atomic E-state index is 0.264. The van der Waals surface area contributed by atoms with Gasteiger partial charge in [0.2, 0.25) is 0 Å². The van der Waals surface area contributed by atoms with Gasteiger partial charge < -0.3 is 5.32 Å². The molecule has 1 N–H and O–H groups in total. The van der Waals surface area contributed by atoms with E-state index in [1.54, 1.807) is 0 Å². The van der Waals surface area contributed by atoms with Gasteiger partial charge in [0.15, 0.2) is 5.78 Å². The Labute approximate surface area is 103 Å². The van der Waals surface area contributed by atoms with Crippen LogP contribution in [0.4, 0.5) is 0 Å². The number of benzene rings is 1. The van der Waals surface area contributed by atoms with Crippen LogP contribution >= 0.6 is 0 Å². The van der Waals surface area contributed by atoms with Crippen LogP contribution in [0.5, 0.6) is 0 Å². The van der Waals surface area contributed by atoms with Crippen molar-refractivity contribution in [3.63, 3.8) is 0 Å². The van der Waals surface area contributed by atoms with E-state index >= 15 is 0 Å². The van der Waals surface area contributed by atoms with E-state index in [0.717, 1.165) is 17.5 Å². The minimum Gasteiger partial charge on any atom is -0.311 e. The number of Topliss-reactive ketones (excluding diaryl/α,β-unsaturated/α-hetero) is 1. The fraction of sp³-hybridized carbons (Fsp3) is 0.533. The van der Waals surface area contributed by atoms with E-state index in [1.807, 2.05) is 31.2 Å². The standard InChI is InChI=1S/C15H21NO/c1-11-5-3-7-13(9-11)15(17)10-14-8-4-6-12(2)16-14/h3,5,7,9,12,14,16H,4,6,8,10H2,1-2H3. The van der Waals surface area contributed by atoms with Crippen LogP contribution in [0.15, 0.2) is 24.3 Å². The van der Waals surface area contributed by atoms with Crippen LogP contribution in [0.2, 0.25) is 0 Å². The van der Waals surface area contributed by atoms with Gasteiger partial charge in [0.25, 0.3) is 0 Å². The zero-order chi connectivity index (χ0) is 12.3. The highest BCUT2D eigenvalue weighted by atomic mass is 16.1. The average Bonchev–Trinajstić information content (AvgIpc) is 2.29. The van der Waals surface area contributed by atoms with Crippen LogP contribution in [-0.4, -0.2) is 17.9 Å². The summed E-state index contributed by atoms with van der Waals surface area (Å²) >= 11 is 0. The van der Waals surface area contributed by atoms with Crippen molar-refractivity contribution in [1.82, 2.24) is 5.32 Å². The molecule has 0 saturated carbocycles. The number of aryl methyl sites for hydroxylation is 1. The first kappa shape index (κ1) is 12.3. The van der Waals surface area contributed by atoms with Crippen LogP contribution in [-0.2, 0) is 0 Å². The molecule has 2 unspecified atom stereocenters. The quantitative estimate of drug-likeness (QED) is 0.810. The SMILES string of the molecule is Cc1cccc(C(=O)CC2CCCC(C)N2)c1. The third-order valence-electron chi connectivity index (χ3n) is 3.48. The highest BCUT2D eigenvalue weighted by Gasteiger charge is 2.20. The van der Waals surface area contributed by atoms with E-state index in [-0.39, 0.29) is 5.78 Å². The molecular formula is C15H21NO. The van der Waals surface area contributed by atoms with Crippen LogP contribution < -0.4 is 5.32 Å². The molecular weight excluding hydrogens is 210 g/mol. The molecule has 2 nitrogen and oxygen atoms in total. The second-order valence-electron chi connectivity index (χ2n) is 5.19. The number of carbonyl (C=O) groups is 1. The molecule has 1 aromatic rings. The number of carbonyl (C=O) groups excluding carboxylic acids is 1. The van der Waals surface area contributed by atoms with Gasteiger partial charge in [-0.15, -0.1) is 0 Å². The van der Waals surface area contributed by atoms with Crippen LogP contribution in [0.25, 0.3) is 0 Å². The Bertz CT molecular complexity index is 400. The Hall–Kier alpha value is -1.15. The summed E-state index contributed by atoms with van der Waals surface area (Å²) in [6.45, 7) is 4.22. The molecule has 1 aromatic carbocycles. The Balaban J connectivity index is 1.97. The van der Waals surface area contributed by atoms with Gasteiger partial charge in [0.1, 0.15) is 0 Å². The van der Waals surface area contributed by atoms with Gasteiger partial charge in [-0.1, -0.05) is 30.2 Å². The molecule has 0 amide bonds. The summed E-state index contributed by atoms with van der Waals surface area (Å²) in [4.78, 5) is 12.1. The fourth-order valence-corrected chi connectivity index (χ4v) is 2.56. The highest BCUT2D eigenvalue weighted by Crippen LogP contribution is 2.17. The largest absolute Gasteiger partial charge is 0.311 e. The Morgan fingerprint density at radius 3 is 2.94 bits per heavy atom. The topological polar surface area (TPSA) is 29.1 Å². The summed E-state index contributed by atoms with van der Waals surface area (Å²) in [5.41, 5.74) is 2.01. The highest BCUT2D eigenvalue weighted by molar-refractivity contribution is 5.96. The lowest BCUT2D eigenvalue weighted by Crippen LogP contribution is -2.41. The van der Waals surface area contributed by atoms with Crippen molar-refractivity contribution in [1.29, 1.82) is 0 Å². The Morgan fingerprint density at radius 2 is 2.24 bits per heavy atom. The molecule has 1 saturated heterocycles. The van der Waals surface area contributed by atoms with Gasteiger partial charge in [-0.25, -0.2) is 0 Å². The Morgan fingerprint density at radius 1 is 1.41 bits per heavy atom. The number of piperidine rings is 1. The molecule has 0 aromatic heterocycles. The number of nitrogens with one attached hydrogen (secondary N) is 1. The number of hydrogen-bond acceptors (Lipinski definition) is 2. The number of hydrogen-bond donors (Lipinski definition) is 1. The van der Waals surface area contributed by atoms with Gasteiger partial charge in [0, 0.05) is 24.1 Å². The van der Waals surface area contributed by atoms with Gasteiger partial charge in [0.05, 0.1) is 0 Å². The molecule has 0 spiro atoms. The summed E-state index contributed by atoms with van der Waals surface area (Å²) in [6, 6.07) is 8.80. The lowest BCUT2D eigenvalue weighted by molar-refractivity contribution is 0.0960. The first-order chi connectivity index (χ1) is 8.15. The van der Waals surface area contributed by atoms with Crippen molar-refractivity contribution >= 4 is 5.78 Å².